The van der Waals surface area contributed by atoms with E-state index in [-0.39, 0.29) is 11.9 Å². The Kier molecular flexibility index (Phi) is 5.01. The van der Waals surface area contributed by atoms with Crippen LogP contribution in [-0.2, 0) is 6.42 Å². The maximum absolute atomic E-state index is 13.6. The molecule has 2 aromatic heterocycles. The molecule has 0 bridgehead atoms. The number of carbonyl (C=O) groups is 1. The van der Waals surface area contributed by atoms with E-state index in [2.05, 4.69) is 27.1 Å². The minimum atomic E-state index is -0.383. The summed E-state index contributed by atoms with van der Waals surface area (Å²) in [6.07, 6.45) is 3.90. The average Bonchev–Trinajstić information content (AvgIpc) is 3.21. The molecule has 1 unspecified atom stereocenters. The Balaban J connectivity index is 1.71. The molecule has 5 rings (SSSR count). The molecule has 1 atom stereocenters. The summed E-state index contributed by atoms with van der Waals surface area (Å²) >= 11 is 0. The van der Waals surface area contributed by atoms with Gasteiger partial charge in [0.1, 0.15) is 11.7 Å². The minimum Gasteiger partial charge on any atom is -0.493 e. The lowest BCUT2D eigenvalue weighted by Crippen LogP contribution is -2.41. The van der Waals surface area contributed by atoms with E-state index < -0.39 is 0 Å². The number of aromatic nitrogens is 3. The normalized spacial score (nSPS) is 15.5. The number of fused-ring (bicyclic) bond motifs is 3. The second-order valence-electron chi connectivity index (χ2n) is 7.84. The van der Waals surface area contributed by atoms with Crippen molar-refractivity contribution in [1.29, 1.82) is 0 Å². The number of ether oxygens (including phenoxy) is 2. The third-order valence-electron chi connectivity index (χ3n) is 6.02. The number of para-hydroxylation sites is 2. The highest BCUT2D eigenvalue weighted by molar-refractivity contribution is 5.94. The second-order valence-corrected chi connectivity index (χ2v) is 7.84. The summed E-state index contributed by atoms with van der Waals surface area (Å²) in [4.78, 5) is 27.6. The van der Waals surface area contributed by atoms with Crippen LogP contribution in [0.5, 0.6) is 11.5 Å². The van der Waals surface area contributed by atoms with Crippen LogP contribution in [0.1, 0.15) is 39.0 Å². The number of aromatic amines is 1. The number of benzene rings is 2. The van der Waals surface area contributed by atoms with Gasteiger partial charge in [-0.2, -0.15) is 0 Å². The molecule has 0 fully saturated rings. The molecular formula is C25H24N4O3. The van der Waals surface area contributed by atoms with Crippen LogP contribution in [0, 0.1) is 6.92 Å². The van der Waals surface area contributed by atoms with E-state index in [1.54, 1.807) is 20.4 Å². The molecule has 0 saturated carbocycles. The molecule has 0 aliphatic carbocycles. The largest absolute Gasteiger partial charge is 0.493 e. The van der Waals surface area contributed by atoms with Gasteiger partial charge in [0.2, 0.25) is 0 Å². The van der Waals surface area contributed by atoms with Gasteiger partial charge in [-0.3, -0.25) is 9.78 Å². The first kappa shape index (κ1) is 20.1. The minimum absolute atomic E-state index is 0.170. The summed E-state index contributed by atoms with van der Waals surface area (Å²) < 4.78 is 11.3. The van der Waals surface area contributed by atoms with Crippen LogP contribution in [0.25, 0.3) is 10.9 Å². The van der Waals surface area contributed by atoms with Gasteiger partial charge in [-0.1, -0.05) is 30.3 Å². The third-order valence-corrected chi connectivity index (χ3v) is 6.02. The van der Waals surface area contributed by atoms with Crippen LogP contribution in [0.3, 0.4) is 0 Å². The van der Waals surface area contributed by atoms with Crippen molar-refractivity contribution in [2.45, 2.75) is 19.4 Å². The summed E-state index contributed by atoms with van der Waals surface area (Å²) in [7, 11) is 3.23. The average molecular weight is 428 g/mol. The highest BCUT2D eigenvalue weighted by Gasteiger charge is 2.37. The van der Waals surface area contributed by atoms with Gasteiger partial charge in [0.15, 0.2) is 11.5 Å². The predicted molar refractivity (Wildman–Crippen MR) is 121 cm³/mol. The lowest BCUT2D eigenvalue weighted by atomic mass is 9.91. The fourth-order valence-electron chi connectivity index (χ4n) is 4.56. The maximum atomic E-state index is 13.6. The third kappa shape index (κ3) is 3.17. The van der Waals surface area contributed by atoms with Crippen LogP contribution in [-0.4, -0.2) is 46.5 Å². The van der Waals surface area contributed by atoms with Crippen molar-refractivity contribution in [3.63, 3.8) is 0 Å². The molecule has 7 heteroatoms. The number of rotatable bonds is 4. The topological polar surface area (TPSA) is 80.3 Å². The Morgan fingerprint density at radius 2 is 1.91 bits per heavy atom. The van der Waals surface area contributed by atoms with Crippen molar-refractivity contribution in [2.75, 3.05) is 20.8 Å². The van der Waals surface area contributed by atoms with E-state index in [4.69, 9.17) is 9.47 Å². The van der Waals surface area contributed by atoms with Crippen molar-refractivity contribution in [3.8, 4) is 11.5 Å². The summed E-state index contributed by atoms with van der Waals surface area (Å²) in [6, 6.07) is 13.6. The quantitative estimate of drug-likeness (QED) is 0.530. The molecule has 32 heavy (non-hydrogen) atoms. The Morgan fingerprint density at radius 3 is 2.66 bits per heavy atom. The van der Waals surface area contributed by atoms with Gasteiger partial charge in [-0.25, -0.2) is 4.98 Å². The maximum Gasteiger partial charge on any atom is 0.274 e. The number of H-pyrrole nitrogens is 1. The number of nitrogens with one attached hydrogen (secondary N) is 1. The zero-order chi connectivity index (χ0) is 22.2. The Labute approximate surface area is 186 Å². The molecule has 7 nitrogen and oxygen atoms in total. The van der Waals surface area contributed by atoms with Gasteiger partial charge in [0.05, 0.1) is 26.1 Å². The molecule has 1 amide bonds. The molecule has 0 saturated heterocycles. The molecule has 162 valence electrons. The molecule has 1 aliphatic rings. The number of methoxy groups -OCH3 is 2. The lowest BCUT2D eigenvalue weighted by molar-refractivity contribution is 0.0683. The number of hydrogen-bond acceptors (Lipinski definition) is 5. The standard InChI is InChI=1S/C25H24N4O3/c1-15-13-27-20(14-26-15)25(30)29-12-11-17-16-7-4-5-9-19(16)28-22(17)23(29)18-8-6-10-21(31-2)24(18)32-3/h4-10,13-14,23,28H,11-12H2,1-3H3. The Morgan fingerprint density at radius 1 is 1.06 bits per heavy atom. The van der Waals surface area contributed by atoms with Crippen LogP contribution < -0.4 is 9.47 Å². The first-order valence-electron chi connectivity index (χ1n) is 10.5. The van der Waals surface area contributed by atoms with Gasteiger partial charge >= 0.3 is 0 Å². The number of hydrogen-bond donors (Lipinski definition) is 1. The summed E-state index contributed by atoms with van der Waals surface area (Å²) in [6.45, 7) is 2.40. The van der Waals surface area contributed by atoms with Crippen LogP contribution in [0.15, 0.2) is 54.9 Å². The molecule has 1 aliphatic heterocycles. The summed E-state index contributed by atoms with van der Waals surface area (Å²) in [5, 5.41) is 1.18. The van der Waals surface area contributed by atoms with Crippen molar-refractivity contribution in [1.82, 2.24) is 19.9 Å². The number of aryl methyl sites for hydroxylation is 1. The van der Waals surface area contributed by atoms with Gasteiger partial charge in [-0.05, 0) is 31.0 Å². The van der Waals surface area contributed by atoms with Crippen molar-refractivity contribution in [3.05, 3.63) is 83.1 Å². The van der Waals surface area contributed by atoms with Gasteiger partial charge < -0.3 is 19.4 Å². The van der Waals surface area contributed by atoms with Crippen LogP contribution in [0.2, 0.25) is 0 Å². The summed E-state index contributed by atoms with van der Waals surface area (Å²) in [5.41, 5.74) is 5.19. The van der Waals surface area contributed by atoms with E-state index >= 15 is 0 Å². The molecular weight excluding hydrogens is 404 g/mol. The van der Waals surface area contributed by atoms with Crippen molar-refractivity contribution >= 4 is 16.8 Å². The molecule has 0 radical (unpaired) electrons. The molecule has 2 aromatic carbocycles. The second kappa shape index (κ2) is 8.00. The van der Waals surface area contributed by atoms with E-state index in [9.17, 15) is 4.79 Å². The lowest BCUT2D eigenvalue weighted by Gasteiger charge is -2.36. The fraction of sp³-hybridized carbons (Fsp3) is 0.240. The summed E-state index contributed by atoms with van der Waals surface area (Å²) in [5.74, 6) is 1.06. The number of nitrogens with zero attached hydrogens (tertiary/aromatic N) is 3. The smallest absolute Gasteiger partial charge is 0.274 e. The number of carbonyl (C=O) groups excluding carboxylic acids is 1. The Bertz CT molecular complexity index is 1300. The van der Waals surface area contributed by atoms with Crippen molar-refractivity contribution < 1.29 is 14.3 Å². The predicted octanol–water partition coefficient (Wildman–Crippen LogP) is 4.07. The fourth-order valence-corrected chi connectivity index (χ4v) is 4.56. The highest BCUT2D eigenvalue weighted by atomic mass is 16.5. The van der Waals surface area contributed by atoms with Gasteiger partial charge in [0.25, 0.3) is 5.91 Å². The first-order valence-corrected chi connectivity index (χ1v) is 10.5. The van der Waals surface area contributed by atoms with Crippen LogP contribution >= 0.6 is 0 Å². The monoisotopic (exact) mass is 428 g/mol. The van der Waals surface area contributed by atoms with Crippen molar-refractivity contribution in [2.24, 2.45) is 0 Å². The van der Waals surface area contributed by atoms with E-state index in [1.807, 2.05) is 42.2 Å². The molecule has 4 aromatic rings. The molecule has 0 spiro atoms. The van der Waals surface area contributed by atoms with Gasteiger partial charge in [-0.15, -0.1) is 0 Å². The SMILES string of the molecule is COc1cccc(C2c3[nH]c4ccccc4c3CCN2C(=O)c2cnc(C)cn2)c1OC. The first-order chi connectivity index (χ1) is 15.6. The Hall–Kier alpha value is -3.87. The van der Waals surface area contributed by atoms with E-state index in [0.29, 0.717) is 23.7 Å². The molecule has 1 N–H and O–H groups in total. The van der Waals surface area contributed by atoms with E-state index in [0.717, 1.165) is 28.9 Å². The highest BCUT2D eigenvalue weighted by Crippen LogP contribution is 2.44. The number of amides is 1. The van der Waals surface area contributed by atoms with Crippen LogP contribution in [0.4, 0.5) is 0 Å². The van der Waals surface area contributed by atoms with E-state index in [1.165, 1.54) is 17.1 Å². The zero-order valence-electron chi connectivity index (χ0n) is 18.3. The molecule has 3 heterocycles. The van der Waals surface area contributed by atoms with Gasteiger partial charge in [0, 0.05) is 34.9 Å². The zero-order valence-corrected chi connectivity index (χ0v) is 18.3.